The molecule has 1 N–H and O–H groups in total. The first-order valence-electron chi connectivity index (χ1n) is 6.58. The molecule has 0 bridgehead atoms. The molecule has 3 aromatic rings. The molecule has 104 valence electrons. The molecule has 0 spiro atoms. The molecule has 0 amide bonds. The molecule has 3 rings (SSSR count). The highest BCUT2D eigenvalue weighted by atomic mass is 32.2. The molecule has 1 unspecified atom stereocenters. The molecule has 1 aromatic carbocycles. The second-order valence-corrected chi connectivity index (χ2v) is 6.76. The molecule has 0 fully saturated rings. The SMILES string of the molecule is CCSc1ccc(C(O)Cc2cn3ccsc3n2)cc1. The zero-order valence-electron chi connectivity index (χ0n) is 11.2. The van der Waals surface area contributed by atoms with E-state index < -0.39 is 6.10 Å². The van der Waals surface area contributed by atoms with Gasteiger partial charge < -0.3 is 5.11 Å². The van der Waals surface area contributed by atoms with Crippen LogP contribution < -0.4 is 0 Å². The number of benzene rings is 1. The van der Waals surface area contributed by atoms with Gasteiger partial charge >= 0.3 is 0 Å². The van der Waals surface area contributed by atoms with Crippen molar-refractivity contribution >= 4 is 28.1 Å². The summed E-state index contributed by atoms with van der Waals surface area (Å²) in [7, 11) is 0. The molecule has 0 aliphatic heterocycles. The Bertz CT molecular complexity index is 659. The quantitative estimate of drug-likeness (QED) is 0.729. The smallest absolute Gasteiger partial charge is 0.193 e. The molecule has 0 saturated heterocycles. The van der Waals surface area contributed by atoms with Crippen LogP contribution in [0.3, 0.4) is 0 Å². The fraction of sp³-hybridized carbons (Fsp3) is 0.267. The van der Waals surface area contributed by atoms with E-state index in [0.29, 0.717) is 6.42 Å². The molecule has 20 heavy (non-hydrogen) atoms. The highest BCUT2D eigenvalue weighted by Gasteiger charge is 2.11. The van der Waals surface area contributed by atoms with Crippen molar-refractivity contribution in [3.63, 3.8) is 0 Å². The number of hydrogen-bond acceptors (Lipinski definition) is 4. The first-order valence-corrected chi connectivity index (χ1v) is 8.44. The number of hydrogen-bond donors (Lipinski definition) is 1. The normalized spacial score (nSPS) is 12.9. The van der Waals surface area contributed by atoms with Crippen molar-refractivity contribution in [2.24, 2.45) is 0 Å². The molecule has 0 saturated carbocycles. The van der Waals surface area contributed by atoms with E-state index in [1.54, 1.807) is 11.3 Å². The fourth-order valence-corrected chi connectivity index (χ4v) is 3.52. The Kier molecular flexibility index (Phi) is 4.10. The van der Waals surface area contributed by atoms with Gasteiger partial charge in [0.2, 0.25) is 0 Å². The van der Waals surface area contributed by atoms with Crippen molar-refractivity contribution in [1.82, 2.24) is 9.38 Å². The summed E-state index contributed by atoms with van der Waals surface area (Å²) in [5.41, 5.74) is 1.87. The third-order valence-corrected chi connectivity index (χ3v) is 4.79. The van der Waals surface area contributed by atoms with E-state index in [1.807, 2.05) is 46.1 Å². The molecule has 1 atom stereocenters. The Hall–Kier alpha value is -1.30. The molecule has 3 nitrogen and oxygen atoms in total. The van der Waals surface area contributed by atoms with Crippen molar-refractivity contribution in [2.75, 3.05) is 5.75 Å². The number of imidazole rings is 1. The molecule has 0 aliphatic rings. The monoisotopic (exact) mass is 304 g/mol. The Labute approximate surface area is 126 Å². The maximum Gasteiger partial charge on any atom is 0.193 e. The largest absolute Gasteiger partial charge is 0.388 e. The van der Waals surface area contributed by atoms with Crippen LogP contribution >= 0.6 is 23.1 Å². The van der Waals surface area contributed by atoms with Crippen LogP contribution in [0.25, 0.3) is 4.96 Å². The summed E-state index contributed by atoms with van der Waals surface area (Å²) in [6, 6.07) is 8.14. The van der Waals surface area contributed by atoms with E-state index in [9.17, 15) is 5.11 Å². The van der Waals surface area contributed by atoms with Crippen LogP contribution in [0, 0.1) is 0 Å². The zero-order chi connectivity index (χ0) is 13.9. The second kappa shape index (κ2) is 5.99. The number of thiazole rings is 1. The molecular weight excluding hydrogens is 288 g/mol. The lowest BCUT2D eigenvalue weighted by Crippen LogP contribution is -2.01. The molecule has 5 heteroatoms. The summed E-state index contributed by atoms with van der Waals surface area (Å²) in [6.07, 6.45) is 4.02. The number of aromatic nitrogens is 2. The van der Waals surface area contributed by atoms with Crippen LogP contribution in [0.4, 0.5) is 0 Å². The number of aliphatic hydroxyl groups excluding tert-OH is 1. The minimum absolute atomic E-state index is 0.500. The van der Waals surface area contributed by atoms with Gasteiger partial charge in [-0.15, -0.1) is 23.1 Å². The van der Waals surface area contributed by atoms with E-state index in [0.717, 1.165) is 22.0 Å². The van der Waals surface area contributed by atoms with Gasteiger partial charge in [0.1, 0.15) is 0 Å². The van der Waals surface area contributed by atoms with Gasteiger partial charge in [-0.1, -0.05) is 19.1 Å². The minimum atomic E-state index is -0.500. The van der Waals surface area contributed by atoms with Crippen molar-refractivity contribution in [3.05, 3.63) is 53.3 Å². The fourth-order valence-electron chi connectivity index (χ4n) is 2.14. The van der Waals surface area contributed by atoms with E-state index in [2.05, 4.69) is 24.0 Å². The van der Waals surface area contributed by atoms with Gasteiger partial charge in [0.15, 0.2) is 4.96 Å². The van der Waals surface area contributed by atoms with Gasteiger partial charge in [-0.3, -0.25) is 4.40 Å². The predicted octanol–water partition coefficient (Wildman–Crippen LogP) is 3.78. The first kappa shape index (κ1) is 13.7. The molecule has 2 aromatic heterocycles. The Morgan fingerprint density at radius 2 is 2.15 bits per heavy atom. The lowest BCUT2D eigenvalue weighted by Gasteiger charge is -2.10. The van der Waals surface area contributed by atoms with Crippen LogP contribution in [0.15, 0.2) is 46.9 Å². The third-order valence-electron chi connectivity index (χ3n) is 3.12. The van der Waals surface area contributed by atoms with Gasteiger partial charge in [0.25, 0.3) is 0 Å². The minimum Gasteiger partial charge on any atom is -0.388 e. The number of aliphatic hydroxyl groups is 1. The van der Waals surface area contributed by atoms with Crippen molar-refractivity contribution < 1.29 is 5.11 Å². The van der Waals surface area contributed by atoms with Crippen LogP contribution in [0.5, 0.6) is 0 Å². The van der Waals surface area contributed by atoms with Crippen LogP contribution in [0.2, 0.25) is 0 Å². The summed E-state index contributed by atoms with van der Waals surface area (Å²) in [5, 5.41) is 12.3. The summed E-state index contributed by atoms with van der Waals surface area (Å²) < 4.78 is 1.99. The van der Waals surface area contributed by atoms with Crippen molar-refractivity contribution in [2.45, 2.75) is 24.3 Å². The summed E-state index contributed by atoms with van der Waals surface area (Å²) in [5.74, 6) is 1.06. The highest BCUT2D eigenvalue weighted by Crippen LogP contribution is 2.23. The Balaban J connectivity index is 1.71. The summed E-state index contributed by atoms with van der Waals surface area (Å²) in [4.78, 5) is 6.72. The van der Waals surface area contributed by atoms with Gasteiger partial charge in [0, 0.05) is 29.1 Å². The highest BCUT2D eigenvalue weighted by molar-refractivity contribution is 7.99. The van der Waals surface area contributed by atoms with Crippen LogP contribution in [-0.4, -0.2) is 20.2 Å². The van der Waals surface area contributed by atoms with Crippen molar-refractivity contribution in [3.8, 4) is 0 Å². The average Bonchev–Trinajstić information content (AvgIpc) is 3.01. The standard InChI is InChI=1S/C15H16N2OS2/c1-2-19-13-5-3-11(4-6-13)14(18)9-12-10-17-7-8-20-15(17)16-12/h3-8,10,14,18H,2,9H2,1H3. The van der Waals surface area contributed by atoms with Crippen LogP contribution in [-0.2, 0) is 6.42 Å². The summed E-state index contributed by atoms with van der Waals surface area (Å²) >= 11 is 3.41. The second-order valence-electron chi connectivity index (χ2n) is 4.55. The Morgan fingerprint density at radius 1 is 1.35 bits per heavy atom. The molecule has 0 radical (unpaired) electrons. The van der Waals surface area contributed by atoms with Crippen LogP contribution in [0.1, 0.15) is 24.3 Å². The zero-order valence-corrected chi connectivity index (χ0v) is 12.8. The van der Waals surface area contributed by atoms with Gasteiger partial charge in [-0.05, 0) is 23.4 Å². The molecular formula is C15H16N2OS2. The lowest BCUT2D eigenvalue weighted by atomic mass is 10.1. The predicted molar refractivity (Wildman–Crippen MR) is 84.6 cm³/mol. The van der Waals surface area contributed by atoms with Crippen molar-refractivity contribution in [1.29, 1.82) is 0 Å². The van der Waals surface area contributed by atoms with E-state index in [1.165, 1.54) is 4.90 Å². The third kappa shape index (κ3) is 2.90. The lowest BCUT2D eigenvalue weighted by molar-refractivity contribution is 0.177. The topological polar surface area (TPSA) is 37.5 Å². The number of thioether (sulfide) groups is 1. The number of fused-ring (bicyclic) bond motifs is 1. The van der Waals surface area contributed by atoms with E-state index in [4.69, 9.17) is 0 Å². The van der Waals surface area contributed by atoms with Gasteiger partial charge in [-0.25, -0.2) is 4.98 Å². The van der Waals surface area contributed by atoms with E-state index >= 15 is 0 Å². The summed E-state index contributed by atoms with van der Waals surface area (Å²) in [6.45, 7) is 2.14. The maximum absolute atomic E-state index is 10.3. The number of rotatable bonds is 5. The van der Waals surface area contributed by atoms with E-state index in [-0.39, 0.29) is 0 Å². The average molecular weight is 304 g/mol. The molecule has 0 aliphatic carbocycles. The first-order chi connectivity index (χ1) is 9.76. The number of nitrogens with zero attached hydrogens (tertiary/aromatic N) is 2. The Morgan fingerprint density at radius 3 is 2.85 bits per heavy atom. The molecule has 2 heterocycles. The van der Waals surface area contributed by atoms with Gasteiger partial charge in [-0.2, -0.15) is 0 Å². The maximum atomic E-state index is 10.3. The van der Waals surface area contributed by atoms with Gasteiger partial charge in [0.05, 0.1) is 11.8 Å².